The Morgan fingerprint density at radius 1 is 1.32 bits per heavy atom. The van der Waals surface area contributed by atoms with Gasteiger partial charge in [0.15, 0.2) is 11.6 Å². The number of carbonyl (C=O) groups is 1. The van der Waals surface area contributed by atoms with Crippen LogP contribution in [0.2, 0.25) is 0 Å². The van der Waals surface area contributed by atoms with Crippen molar-refractivity contribution in [3.05, 3.63) is 53.6 Å². The van der Waals surface area contributed by atoms with Gasteiger partial charge in [-0.2, -0.15) is 10.4 Å². The van der Waals surface area contributed by atoms with Crippen molar-refractivity contribution in [3.63, 3.8) is 0 Å². The second kappa shape index (κ2) is 8.91. The normalized spacial score (nSPS) is 20.3. The zero-order valence-corrected chi connectivity index (χ0v) is 21.6. The van der Waals surface area contributed by atoms with Gasteiger partial charge < -0.3 is 14.4 Å². The smallest absolute Gasteiger partial charge is 0.309 e. The molecule has 0 aliphatic heterocycles. The fraction of sp³-hybridized carbons (Fsp3) is 0.414. The molecule has 1 aliphatic carbocycles. The minimum atomic E-state index is -0.754. The number of carboxylic acids is 1. The van der Waals surface area contributed by atoms with Crippen molar-refractivity contribution in [1.29, 1.82) is 5.26 Å². The van der Waals surface area contributed by atoms with E-state index < -0.39 is 22.6 Å². The van der Waals surface area contributed by atoms with Crippen LogP contribution >= 0.6 is 0 Å². The first kappa shape index (κ1) is 24.8. The van der Waals surface area contributed by atoms with Crippen LogP contribution in [0, 0.1) is 22.6 Å². The number of H-pyrrole nitrogens is 1. The summed E-state index contributed by atoms with van der Waals surface area (Å²) in [5, 5.41) is 28.8. The molecular weight excluding hydrogens is 471 g/mol. The molecule has 2 aromatic carbocycles. The first-order valence-electron chi connectivity index (χ1n) is 12.6. The number of hydrogen-bond donors (Lipinski definition) is 2. The summed E-state index contributed by atoms with van der Waals surface area (Å²) in [6.07, 6.45) is 4.67. The average Bonchev–Trinajstić information content (AvgIpc) is 3.45. The third-order valence-electron chi connectivity index (χ3n) is 8.13. The lowest BCUT2D eigenvalue weighted by Gasteiger charge is -2.36. The number of rotatable bonds is 6. The number of ether oxygens (including phenoxy) is 1. The summed E-state index contributed by atoms with van der Waals surface area (Å²) in [4.78, 5) is 11.9. The van der Waals surface area contributed by atoms with Crippen LogP contribution < -0.4 is 4.74 Å². The molecule has 0 atom stereocenters. The molecule has 0 amide bonds. The second-order valence-corrected chi connectivity index (χ2v) is 11.1. The number of benzene rings is 2. The Labute approximate surface area is 214 Å². The van der Waals surface area contributed by atoms with Crippen LogP contribution in [-0.4, -0.2) is 33.0 Å². The number of methoxy groups -OCH3 is 1. The monoisotopic (exact) mass is 502 g/mol. The summed E-state index contributed by atoms with van der Waals surface area (Å²) >= 11 is 0. The number of fused-ring (bicyclic) bond motifs is 2. The van der Waals surface area contributed by atoms with Gasteiger partial charge in [0.25, 0.3) is 0 Å². The lowest BCUT2D eigenvalue weighted by Crippen LogP contribution is -2.32. The van der Waals surface area contributed by atoms with Crippen molar-refractivity contribution in [2.24, 2.45) is 5.41 Å². The summed E-state index contributed by atoms with van der Waals surface area (Å²) in [5.41, 5.74) is 3.42. The highest BCUT2D eigenvalue weighted by molar-refractivity contribution is 5.99. The molecule has 2 N–H and O–H groups in total. The van der Waals surface area contributed by atoms with Crippen LogP contribution in [0.15, 0.2) is 36.5 Å². The molecule has 0 radical (unpaired) electrons. The van der Waals surface area contributed by atoms with Crippen molar-refractivity contribution in [2.45, 2.75) is 64.2 Å². The highest BCUT2D eigenvalue weighted by atomic mass is 19.1. The number of nitrogens with one attached hydrogen (secondary N) is 1. The summed E-state index contributed by atoms with van der Waals surface area (Å²) < 4.78 is 21.9. The van der Waals surface area contributed by atoms with Crippen molar-refractivity contribution in [1.82, 2.24) is 14.8 Å². The maximum Gasteiger partial charge on any atom is 0.309 e. The van der Waals surface area contributed by atoms with Crippen LogP contribution in [0.1, 0.15) is 70.1 Å². The number of aliphatic carboxylic acids is 1. The van der Waals surface area contributed by atoms with Gasteiger partial charge >= 0.3 is 5.97 Å². The zero-order chi connectivity index (χ0) is 26.5. The highest BCUT2D eigenvalue weighted by Crippen LogP contribution is 2.50. The number of aromatic amines is 1. The van der Waals surface area contributed by atoms with E-state index in [1.807, 2.05) is 6.92 Å². The molecule has 0 saturated heterocycles. The summed E-state index contributed by atoms with van der Waals surface area (Å²) in [7, 11) is 1.44. The van der Waals surface area contributed by atoms with Crippen molar-refractivity contribution < 1.29 is 19.0 Å². The molecule has 2 heterocycles. The van der Waals surface area contributed by atoms with Gasteiger partial charge in [0.2, 0.25) is 0 Å². The number of aromatic nitrogens is 3. The van der Waals surface area contributed by atoms with Gasteiger partial charge in [-0.05, 0) is 68.4 Å². The molecule has 0 spiro atoms. The SMILES string of the molecule is COc1cc(-n2c(C(C)(C)CC#N)c(C3CCC(C)(C(=O)O)CC3)c3cc4[nH]ncc4cc32)ccc1F. The van der Waals surface area contributed by atoms with Gasteiger partial charge in [0.05, 0.1) is 35.8 Å². The van der Waals surface area contributed by atoms with Gasteiger partial charge in [-0.1, -0.05) is 13.8 Å². The Balaban J connectivity index is 1.83. The third-order valence-corrected chi connectivity index (χ3v) is 8.13. The topological polar surface area (TPSA) is 104 Å². The van der Waals surface area contributed by atoms with E-state index in [4.69, 9.17) is 4.74 Å². The first-order valence-corrected chi connectivity index (χ1v) is 12.6. The fourth-order valence-electron chi connectivity index (χ4n) is 5.92. The quantitative estimate of drug-likeness (QED) is 0.309. The molecule has 192 valence electrons. The summed E-state index contributed by atoms with van der Waals surface area (Å²) in [5.74, 6) is -0.940. The van der Waals surface area contributed by atoms with Crippen LogP contribution in [0.3, 0.4) is 0 Å². The van der Waals surface area contributed by atoms with E-state index in [0.717, 1.165) is 51.6 Å². The largest absolute Gasteiger partial charge is 0.494 e. The lowest BCUT2D eigenvalue weighted by atomic mass is 9.68. The molecule has 5 rings (SSSR count). The molecule has 4 aromatic rings. The van der Waals surface area contributed by atoms with Crippen molar-refractivity contribution in [2.75, 3.05) is 7.11 Å². The van der Waals surface area contributed by atoms with E-state index in [2.05, 4.69) is 46.8 Å². The van der Waals surface area contributed by atoms with Crippen molar-refractivity contribution >= 4 is 27.8 Å². The Kier molecular flexibility index (Phi) is 5.98. The standard InChI is InChI=1S/C29H31FN4O3/c1-28(2,11-12-31)26-25(17-7-9-29(3,10-8-17)27(35)36)20-15-22-18(16-32-33-22)13-23(20)34(26)19-5-6-21(30)24(14-19)37-4/h5-6,13-17H,7-11H2,1-4H3,(H,32,33)(H,35,36). The van der Waals surface area contributed by atoms with E-state index in [9.17, 15) is 19.6 Å². The number of halogens is 1. The second-order valence-electron chi connectivity index (χ2n) is 11.1. The molecule has 7 nitrogen and oxygen atoms in total. The Morgan fingerprint density at radius 2 is 2.05 bits per heavy atom. The van der Waals surface area contributed by atoms with E-state index in [1.54, 1.807) is 18.3 Å². The molecule has 2 aromatic heterocycles. The van der Waals surface area contributed by atoms with E-state index in [0.29, 0.717) is 12.8 Å². The van der Waals surface area contributed by atoms with Crippen LogP contribution in [-0.2, 0) is 10.2 Å². The van der Waals surface area contributed by atoms with E-state index in [-0.39, 0.29) is 18.1 Å². The minimum absolute atomic E-state index is 0.117. The molecular formula is C29H31FN4O3. The molecule has 1 saturated carbocycles. The molecule has 1 aliphatic rings. The first-order chi connectivity index (χ1) is 17.6. The van der Waals surface area contributed by atoms with Crippen LogP contribution in [0.25, 0.3) is 27.5 Å². The summed E-state index contributed by atoms with van der Waals surface area (Å²) in [6.45, 7) is 5.94. The van der Waals surface area contributed by atoms with E-state index >= 15 is 0 Å². The Morgan fingerprint density at radius 3 is 2.70 bits per heavy atom. The molecule has 1 fully saturated rings. The minimum Gasteiger partial charge on any atom is -0.494 e. The van der Waals surface area contributed by atoms with Gasteiger partial charge in [0, 0.05) is 40.1 Å². The van der Waals surface area contributed by atoms with Gasteiger partial charge in [-0.3, -0.25) is 9.89 Å². The maximum atomic E-state index is 14.4. The fourth-order valence-corrected chi connectivity index (χ4v) is 5.92. The Hall–Kier alpha value is -3.86. The van der Waals surface area contributed by atoms with Crippen molar-refractivity contribution in [3.8, 4) is 17.5 Å². The number of nitrogens with zero attached hydrogens (tertiary/aromatic N) is 3. The zero-order valence-electron chi connectivity index (χ0n) is 21.6. The van der Waals surface area contributed by atoms with E-state index in [1.165, 1.54) is 13.2 Å². The third kappa shape index (κ3) is 4.03. The highest BCUT2D eigenvalue weighted by Gasteiger charge is 2.41. The summed E-state index contributed by atoms with van der Waals surface area (Å²) in [6, 6.07) is 11.3. The Bertz CT molecular complexity index is 1550. The number of nitriles is 1. The van der Waals surface area contributed by atoms with Gasteiger partial charge in [-0.15, -0.1) is 0 Å². The predicted molar refractivity (Wildman–Crippen MR) is 140 cm³/mol. The van der Waals surface area contributed by atoms with Crippen LogP contribution in [0.5, 0.6) is 5.75 Å². The molecule has 0 unspecified atom stereocenters. The predicted octanol–water partition coefficient (Wildman–Crippen LogP) is 6.59. The lowest BCUT2D eigenvalue weighted by molar-refractivity contribution is -0.149. The maximum absolute atomic E-state index is 14.4. The number of hydrogen-bond acceptors (Lipinski definition) is 4. The molecule has 8 heteroatoms. The number of carboxylic acid groups (broad SMARTS) is 1. The average molecular weight is 503 g/mol. The van der Waals surface area contributed by atoms with Gasteiger partial charge in [0.1, 0.15) is 0 Å². The molecule has 0 bridgehead atoms. The van der Waals surface area contributed by atoms with Gasteiger partial charge in [-0.25, -0.2) is 4.39 Å². The van der Waals surface area contributed by atoms with Crippen LogP contribution in [0.4, 0.5) is 4.39 Å². The molecule has 37 heavy (non-hydrogen) atoms.